The zero-order chi connectivity index (χ0) is 15.4. The molecular formula is C15H15ClFN3O. The van der Waals surface area contributed by atoms with Crippen LogP contribution in [0.2, 0.25) is 5.02 Å². The molecule has 21 heavy (non-hydrogen) atoms. The molecule has 2 aromatic rings. The van der Waals surface area contributed by atoms with Crippen LogP contribution in [0.3, 0.4) is 0 Å². The van der Waals surface area contributed by atoms with Crippen LogP contribution in [0.1, 0.15) is 11.1 Å². The molecule has 0 bridgehead atoms. The van der Waals surface area contributed by atoms with E-state index in [9.17, 15) is 4.39 Å². The molecule has 0 amide bonds. The zero-order valence-electron chi connectivity index (χ0n) is 11.4. The van der Waals surface area contributed by atoms with Gasteiger partial charge < -0.3 is 15.8 Å². The number of hydrogen-bond acceptors (Lipinski definition) is 3. The first-order chi connectivity index (χ1) is 10.0. The number of hydrogen-bond donors (Lipinski definition) is 2. The maximum Gasteiger partial charge on any atom is 0.172 e. The van der Waals surface area contributed by atoms with E-state index in [4.69, 9.17) is 22.5 Å². The summed E-state index contributed by atoms with van der Waals surface area (Å²) in [6.07, 6.45) is 0. The van der Waals surface area contributed by atoms with Crippen molar-refractivity contribution in [2.75, 3.05) is 11.9 Å². The molecule has 0 aliphatic carbocycles. The Morgan fingerprint density at radius 1 is 1.29 bits per heavy atom. The van der Waals surface area contributed by atoms with Crippen LogP contribution >= 0.6 is 11.6 Å². The molecule has 0 heterocycles. The molecule has 0 aliphatic rings. The summed E-state index contributed by atoms with van der Waals surface area (Å²) < 4.78 is 13.5. The van der Waals surface area contributed by atoms with Crippen molar-refractivity contribution in [2.24, 2.45) is 10.9 Å². The van der Waals surface area contributed by atoms with Crippen molar-refractivity contribution in [3.05, 3.63) is 64.4 Å². The summed E-state index contributed by atoms with van der Waals surface area (Å²) in [5, 5.41) is 12.0. The average molecular weight is 308 g/mol. The van der Waals surface area contributed by atoms with Gasteiger partial charge in [0.25, 0.3) is 0 Å². The van der Waals surface area contributed by atoms with Crippen molar-refractivity contribution in [2.45, 2.75) is 6.54 Å². The molecule has 0 unspecified atom stereocenters. The molecule has 4 nitrogen and oxygen atoms in total. The SMILES string of the molecule is CN(Cc1cccc(F)c1Cl)c1ccccc1/C(N)=N/O. The lowest BCUT2D eigenvalue weighted by Crippen LogP contribution is -2.22. The number of amidine groups is 1. The first-order valence-electron chi connectivity index (χ1n) is 6.25. The first kappa shape index (κ1) is 15.1. The highest BCUT2D eigenvalue weighted by atomic mass is 35.5. The Hall–Kier alpha value is -2.27. The summed E-state index contributed by atoms with van der Waals surface area (Å²) in [4.78, 5) is 1.86. The van der Waals surface area contributed by atoms with Crippen molar-refractivity contribution in [3.8, 4) is 0 Å². The van der Waals surface area contributed by atoms with Gasteiger partial charge in [0.2, 0.25) is 0 Å². The predicted molar refractivity (Wildman–Crippen MR) is 82.5 cm³/mol. The quantitative estimate of drug-likeness (QED) is 0.394. The molecule has 0 spiro atoms. The second-order valence-corrected chi connectivity index (χ2v) is 4.95. The summed E-state index contributed by atoms with van der Waals surface area (Å²) in [6.45, 7) is 0.395. The largest absolute Gasteiger partial charge is 0.409 e. The Morgan fingerprint density at radius 2 is 2.00 bits per heavy atom. The Balaban J connectivity index is 2.33. The monoisotopic (exact) mass is 307 g/mol. The fourth-order valence-electron chi connectivity index (χ4n) is 2.09. The first-order valence-corrected chi connectivity index (χ1v) is 6.63. The van der Waals surface area contributed by atoms with Gasteiger partial charge in [-0.05, 0) is 23.8 Å². The highest BCUT2D eigenvalue weighted by Gasteiger charge is 2.13. The van der Waals surface area contributed by atoms with Gasteiger partial charge in [-0.2, -0.15) is 0 Å². The molecule has 3 N–H and O–H groups in total. The van der Waals surface area contributed by atoms with Crippen LogP contribution in [0.15, 0.2) is 47.6 Å². The van der Waals surface area contributed by atoms with Crippen molar-refractivity contribution >= 4 is 23.1 Å². The van der Waals surface area contributed by atoms with E-state index in [1.54, 1.807) is 24.3 Å². The fourth-order valence-corrected chi connectivity index (χ4v) is 2.27. The second-order valence-electron chi connectivity index (χ2n) is 4.57. The fraction of sp³-hybridized carbons (Fsp3) is 0.133. The molecule has 110 valence electrons. The van der Waals surface area contributed by atoms with Gasteiger partial charge in [-0.15, -0.1) is 0 Å². The minimum Gasteiger partial charge on any atom is -0.409 e. The predicted octanol–water partition coefficient (Wildman–Crippen LogP) is 3.21. The van der Waals surface area contributed by atoms with E-state index in [0.29, 0.717) is 17.7 Å². The molecule has 0 saturated heterocycles. The topological polar surface area (TPSA) is 61.8 Å². The van der Waals surface area contributed by atoms with E-state index in [2.05, 4.69) is 5.16 Å². The number of oxime groups is 1. The lowest BCUT2D eigenvalue weighted by molar-refractivity contribution is 0.318. The van der Waals surface area contributed by atoms with Crippen LogP contribution in [0, 0.1) is 5.82 Å². The molecule has 2 aromatic carbocycles. The van der Waals surface area contributed by atoms with E-state index < -0.39 is 5.82 Å². The van der Waals surface area contributed by atoms with Gasteiger partial charge in [0.05, 0.1) is 5.02 Å². The average Bonchev–Trinajstić information content (AvgIpc) is 2.51. The second kappa shape index (κ2) is 6.45. The third kappa shape index (κ3) is 3.25. The number of nitrogens with two attached hydrogens (primary N) is 1. The molecule has 0 aliphatic heterocycles. The Labute approximate surface area is 127 Å². The molecular weight excluding hydrogens is 293 g/mol. The number of benzene rings is 2. The van der Waals surface area contributed by atoms with Crippen LogP contribution in [0.5, 0.6) is 0 Å². The number of rotatable bonds is 4. The number of halogens is 2. The van der Waals surface area contributed by atoms with Gasteiger partial charge in [0, 0.05) is 24.8 Å². The minimum atomic E-state index is -0.452. The summed E-state index contributed by atoms with van der Waals surface area (Å²) in [5.74, 6) is -0.435. The van der Waals surface area contributed by atoms with Crippen LogP contribution in [-0.4, -0.2) is 18.1 Å². The van der Waals surface area contributed by atoms with E-state index >= 15 is 0 Å². The lowest BCUT2D eigenvalue weighted by atomic mass is 10.1. The van der Waals surface area contributed by atoms with E-state index in [1.165, 1.54) is 6.07 Å². The number of anilines is 1. The van der Waals surface area contributed by atoms with Crippen LogP contribution in [-0.2, 0) is 6.54 Å². The molecule has 0 atom stereocenters. The maximum absolute atomic E-state index is 13.5. The van der Waals surface area contributed by atoms with Crippen molar-refractivity contribution < 1.29 is 9.60 Å². The van der Waals surface area contributed by atoms with Gasteiger partial charge in [-0.25, -0.2) is 4.39 Å². The summed E-state index contributed by atoms with van der Waals surface area (Å²) in [7, 11) is 1.82. The highest BCUT2D eigenvalue weighted by Crippen LogP contribution is 2.25. The summed E-state index contributed by atoms with van der Waals surface area (Å²) in [6, 6.07) is 11.9. The third-order valence-electron chi connectivity index (χ3n) is 3.14. The smallest absolute Gasteiger partial charge is 0.172 e. The molecule has 0 aromatic heterocycles. The van der Waals surface area contributed by atoms with Crippen LogP contribution in [0.25, 0.3) is 0 Å². The molecule has 0 fully saturated rings. The van der Waals surface area contributed by atoms with Gasteiger partial charge in [0.1, 0.15) is 5.82 Å². The normalized spacial score (nSPS) is 11.5. The molecule has 0 radical (unpaired) electrons. The van der Waals surface area contributed by atoms with Gasteiger partial charge >= 0.3 is 0 Å². The number of nitrogens with zero attached hydrogens (tertiary/aromatic N) is 2. The molecule has 0 saturated carbocycles. The molecule has 2 rings (SSSR count). The lowest BCUT2D eigenvalue weighted by Gasteiger charge is -2.22. The van der Waals surface area contributed by atoms with Gasteiger partial charge in [0.15, 0.2) is 5.84 Å². The van der Waals surface area contributed by atoms with Crippen LogP contribution in [0.4, 0.5) is 10.1 Å². The summed E-state index contributed by atoms with van der Waals surface area (Å²) >= 11 is 5.96. The van der Waals surface area contributed by atoms with Crippen molar-refractivity contribution in [3.63, 3.8) is 0 Å². The third-order valence-corrected chi connectivity index (χ3v) is 3.56. The Morgan fingerprint density at radius 3 is 2.71 bits per heavy atom. The standard InChI is InChI=1S/C15H15ClFN3O/c1-20(9-10-5-4-7-12(17)14(10)16)13-8-3-2-6-11(13)15(18)19-21/h2-8,21H,9H2,1H3,(H2,18,19). The van der Waals surface area contributed by atoms with Crippen molar-refractivity contribution in [1.82, 2.24) is 0 Å². The maximum atomic E-state index is 13.5. The number of para-hydroxylation sites is 1. The Kier molecular flexibility index (Phi) is 4.65. The van der Waals surface area contributed by atoms with E-state index in [1.807, 2.05) is 24.1 Å². The minimum absolute atomic E-state index is 0.0165. The van der Waals surface area contributed by atoms with Crippen molar-refractivity contribution in [1.29, 1.82) is 0 Å². The van der Waals surface area contributed by atoms with E-state index in [-0.39, 0.29) is 10.9 Å². The van der Waals surface area contributed by atoms with Gasteiger partial charge in [-0.1, -0.05) is 41.0 Å². The molecule has 6 heteroatoms. The van der Waals surface area contributed by atoms with Crippen LogP contribution < -0.4 is 10.6 Å². The summed E-state index contributed by atoms with van der Waals surface area (Å²) in [5.41, 5.74) is 7.68. The highest BCUT2D eigenvalue weighted by molar-refractivity contribution is 6.31. The van der Waals surface area contributed by atoms with Gasteiger partial charge in [-0.3, -0.25) is 0 Å². The Bertz CT molecular complexity index is 676. The van der Waals surface area contributed by atoms with E-state index in [0.717, 1.165) is 5.69 Å². The zero-order valence-corrected chi connectivity index (χ0v) is 12.2.